The van der Waals surface area contributed by atoms with Crippen LogP contribution in [0.4, 0.5) is 11.4 Å². The van der Waals surface area contributed by atoms with Crippen LogP contribution in [0.25, 0.3) is 0 Å². The molecule has 7 heteroatoms. The van der Waals surface area contributed by atoms with Crippen molar-refractivity contribution in [3.8, 4) is 6.07 Å². The summed E-state index contributed by atoms with van der Waals surface area (Å²) in [6.45, 7) is 4.16. The Bertz CT molecular complexity index is 899. The Balaban J connectivity index is 1.57. The van der Waals surface area contributed by atoms with Crippen LogP contribution < -0.4 is 11.1 Å². The molecular weight excluding hydrogens is 374 g/mol. The SMILES string of the molecule is N#C/C(=C/N1CCN(Cc2ccccc2)CC1)C(=O)Nc1ccc(N)cc1Cl. The highest BCUT2D eigenvalue weighted by Crippen LogP contribution is 2.24. The van der Waals surface area contributed by atoms with Gasteiger partial charge in [0.1, 0.15) is 11.6 Å². The molecule has 144 valence electrons. The molecule has 1 saturated heterocycles. The van der Waals surface area contributed by atoms with E-state index in [1.807, 2.05) is 29.2 Å². The first-order valence-electron chi connectivity index (χ1n) is 9.04. The van der Waals surface area contributed by atoms with Gasteiger partial charge in [-0.15, -0.1) is 0 Å². The summed E-state index contributed by atoms with van der Waals surface area (Å²) in [7, 11) is 0. The molecule has 0 atom stereocenters. The molecule has 1 heterocycles. The first-order valence-corrected chi connectivity index (χ1v) is 9.41. The van der Waals surface area contributed by atoms with Crippen molar-refractivity contribution < 1.29 is 4.79 Å². The number of nitriles is 1. The lowest BCUT2D eigenvalue weighted by atomic mass is 10.2. The summed E-state index contributed by atoms with van der Waals surface area (Å²) < 4.78 is 0. The molecule has 1 aliphatic heterocycles. The molecule has 3 N–H and O–H groups in total. The zero-order valence-electron chi connectivity index (χ0n) is 15.4. The number of anilines is 2. The smallest absolute Gasteiger partial charge is 0.267 e. The van der Waals surface area contributed by atoms with Gasteiger partial charge in [0.05, 0.1) is 10.7 Å². The van der Waals surface area contributed by atoms with Crippen molar-refractivity contribution in [2.75, 3.05) is 37.2 Å². The van der Waals surface area contributed by atoms with E-state index >= 15 is 0 Å². The number of piperazine rings is 1. The van der Waals surface area contributed by atoms with Gasteiger partial charge in [-0.25, -0.2) is 0 Å². The van der Waals surface area contributed by atoms with E-state index in [0.29, 0.717) is 16.4 Å². The summed E-state index contributed by atoms with van der Waals surface area (Å²) in [6, 6.07) is 17.1. The Morgan fingerprint density at radius 1 is 1.18 bits per heavy atom. The Morgan fingerprint density at radius 2 is 1.89 bits per heavy atom. The van der Waals surface area contributed by atoms with E-state index in [1.54, 1.807) is 24.4 Å². The molecule has 6 nitrogen and oxygen atoms in total. The average molecular weight is 396 g/mol. The van der Waals surface area contributed by atoms with Gasteiger partial charge >= 0.3 is 0 Å². The molecule has 0 unspecified atom stereocenters. The van der Waals surface area contributed by atoms with Gasteiger partial charge in [0.15, 0.2) is 0 Å². The van der Waals surface area contributed by atoms with Gasteiger partial charge in [0.25, 0.3) is 5.91 Å². The number of nitrogens with one attached hydrogen (secondary N) is 1. The van der Waals surface area contributed by atoms with Gasteiger partial charge in [-0.2, -0.15) is 5.26 Å². The number of nitrogens with zero attached hydrogens (tertiary/aromatic N) is 3. The van der Waals surface area contributed by atoms with Crippen LogP contribution in [-0.4, -0.2) is 41.9 Å². The predicted octanol–water partition coefficient (Wildman–Crippen LogP) is 3.09. The number of halogens is 1. The van der Waals surface area contributed by atoms with E-state index in [-0.39, 0.29) is 5.57 Å². The second-order valence-corrected chi connectivity index (χ2v) is 7.05. The summed E-state index contributed by atoms with van der Waals surface area (Å²) in [5, 5.41) is 12.4. The highest BCUT2D eigenvalue weighted by molar-refractivity contribution is 6.34. The van der Waals surface area contributed by atoms with E-state index < -0.39 is 5.91 Å². The highest BCUT2D eigenvalue weighted by Gasteiger charge is 2.18. The average Bonchev–Trinajstić information content (AvgIpc) is 2.70. The van der Waals surface area contributed by atoms with Crippen LogP contribution in [0.15, 0.2) is 60.3 Å². The second kappa shape index (κ2) is 9.27. The minimum Gasteiger partial charge on any atom is -0.399 e. The lowest BCUT2D eigenvalue weighted by Gasteiger charge is -2.34. The summed E-state index contributed by atoms with van der Waals surface area (Å²) >= 11 is 6.08. The minimum absolute atomic E-state index is 0.0457. The molecular formula is C21H22ClN5O. The third-order valence-corrected chi connectivity index (χ3v) is 4.89. The van der Waals surface area contributed by atoms with Crippen molar-refractivity contribution in [1.29, 1.82) is 5.26 Å². The Morgan fingerprint density at radius 3 is 2.54 bits per heavy atom. The number of hydrogen-bond donors (Lipinski definition) is 2. The van der Waals surface area contributed by atoms with Gasteiger partial charge in [-0.3, -0.25) is 9.69 Å². The van der Waals surface area contributed by atoms with Crippen LogP contribution in [0.2, 0.25) is 5.02 Å². The maximum absolute atomic E-state index is 12.4. The van der Waals surface area contributed by atoms with E-state index in [9.17, 15) is 10.1 Å². The second-order valence-electron chi connectivity index (χ2n) is 6.65. The van der Waals surface area contributed by atoms with Gasteiger partial charge in [-0.05, 0) is 23.8 Å². The number of carbonyl (C=O) groups excluding carboxylic acids is 1. The van der Waals surface area contributed by atoms with Gasteiger partial charge in [0.2, 0.25) is 0 Å². The highest BCUT2D eigenvalue weighted by atomic mass is 35.5. The number of rotatable bonds is 5. The fourth-order valence-electron chi connectivity index (χ4n) is 3.04. The summed E-state index contributed by atoms with van der Waals surface area (Å²) in [5.41, 5.74) is 7.92. The standard InChI is InChI=1S/C21H22ClN5O/c22-19-12-18(24)6-7-20(19)25-21(28)17(13-23)15-27-10-8-26(9-11-27)14-16-4-2-1-3-5-16/h1-7,12,15H,8-11,14,24H2,(H,25,28)/b17-15-. The van der Waals surface area contributed by atoms with Crippen molar-refractivity contribution in [2.24, 2.45) is 0 Å². The first-order chi connectivity index (χ1) is 13.5. The van der Waals surface area contributed by atoms with E-state index in [0.717, 1.165) is 32.7 Å². The molecule has 2 aromatic rings. The van der Waals surface area contributed by atoms with Gasteiger partial charge in [0, 0.05) is 44.6 Å². The molecule has 0 aliphatic carbocycles. The van der Waals surface area contributed by atoms with Crippen LogP contribution in [0, 0.1) is 11.3 Å². The van der Waals surface area contributed by atoms with Crippen molar-refractivity contribution in [3.05, 3.63) is 70.9 Å². The Kier molecular flexibility index (Phi) is 6.53. The zero-order chi connectivity index (χ0) is 19.9. The van der Waals surface area contributed by atoms with E-state index in [4.69, 9.17) is 17.3 Å². The molecule has 1 amide bonds. The normalized spacial score (nSPS) is 15.1. The lowest BCUT2D eigenvalue weighted by Crippen LogP contribution is -2.43. The molecule has 1 aliphatic rings. The summed E-state index contributed by atoms with van der Waals surface area (Å²) in [6.07, 6.45) is 1.63. The number of nitrogens with two attached hydrogens (primary N) is 1. The van der Waals surface area contributed by atoms with E-state index in [1.165, 1.54) is 5.56 Å². The van der Waals surface area contributed by atoms with Crippen LogP contribution in [0.1, 0.15) is 5.56 Å². The number of nitrogen functional groups attached to an aromatic ring is 1. The van der Waals surface area contributed by atoms with Gasteiger partial charge in [-0.1, -0.05) is 41.9 Å². The largest absolute Gasteiger partial charge is 0.399 e. The summed E-state index contributed by atoms with van der Waals surface area (Å²) in [4.78, 5) is 16.8. The Hall–Kier alpha value is -3.01. The van der Waals surface area contributed by atoms with Crippen LogP contribution >= 0.6 is 11.6 Å². The van der Waals surface area contributed by atoms with E-state index in [2.05, 4.69) is 22.3 Å². The first kappa shape index (κ1) is 19.7. The number of amides is 1. The Labute approximate surface area is 169 Å². The van der Waals surface area contributed by atoms with Crippen molar-refractivity contribution >= 4 is 28.9 Å². The van der Waals surface area contributed by atoms with Crippen LogP contribution in [-0.2, 0) is 11.3 Å². The number of hydrogen-bond acceptors (Lipinski definition) is 5. The zero-order valence-corrected chi connectivity index (χ0v) is 16.2. The third kappa shape index (κ3) is 5.26. The van der Waals surface area contributed by atoms with Crippen LogP contribution in [0.5, 0.6) is 0 Å². The lowest BCUT2D eigenvalue weighted by molar-refractivity contribution is -0.112. The molecule has 0 aromatic heterocycles. The maximum atomic E-state index is 12.4. The molecule has 1 fully saturated rings. The fraction of sp³-hybridized carbons (Fsp3) is 0.238. The monoisotopic (exact) mass is 395 g/mol. The van der Waals surface area contributed by atoms with Gasteiger partial charge < -0.3 is 16.0 Å². The fourth-order valence-corrected chi connectivity index (χ4v) is 3.27. The maximum Gasteiger partial charge on any atom is 0.267 e. The molecule has 2 aromatic carbocycles. The minimum atomic E-state index is -0.485. The topological polar surface area (TPSA) is 85.4 Å². The van der Waals surface area contributed by atoms with Crippen molar-refractivity contribution in [3.63, 3.8) is 0 Å². The molecule has 0 spiro atoms. The number of benzene rings is 2. The quantitative estimate of drug-likeness (QED) is 0.461. The number of carbonyl (C=O) groups is 1. The molecule has 0 saturated carbocycles. The molecule has 28 heavy (non-hydrogen) atoms. The molecule has 3 rings (SSSR count). The summed E-state index contributed by atoms with van der Waals surface area (Å²) in [5.74, 6) is -0.485. The van der Waals surface area contributed by atoms with Crippen LogP contribution in [0.3, 0.4) is 0 Å². The van der Waals surface area contributed by atoms with Crippen molar-refractivity contribution in [2.45, 2.75) is 6.54 Å². The third-order valence-electron chi connectivity index (χ3n) is 4.57. The molecule has 0 radical (unpaired) electrons. The molecule has 0 bridgehead atoms. The predicted molar refractivity (Wildman–Crippen MR) is 111 cm³/mol. The van der Waals surface area contributed by atoms with Crippen molar-refractivity contribution in [1.82, 2.24) is 9.80 Å².